The second kappa shape index (κ2) is 7.70. The summed E-state index contributed by atoms with van der Waals surface area (Å²) < 4.78 is 0. The molecule has 0 radical (unpaired) electrons. The Morgan fingerprint density at radius 2 is 1.67 bits per heavy atom. The van der Waals surface area contributed by atoms with Crippen LogP contribution in [-0.4, -0.2) is 31.3 Å². The average molecular weight is 284 g/mol. The van der Waals surface area contributed by atoms with Crippen LogP contribution >= 0.6 is 0 Å². The highest BCUT2D eigenvalue weighted by Gasteiger charge is 2.05. The van der Waals surface area contributed by atoms with E-state index in [1.54, 1.807) is 0 Å². The van der Waals surface area contributed by atoms with Crippen LogP contribution in [0.15, 0.2) is 48.5 Å². The minimum Gasteiger partial charge on any atom is -0.395 e. The van der Waals surface area contributed by atoms with Gasteiger partial charge in [0, 0.05) is 31.0 Å². The van der Waals surface area contributed by atoms with Crippen molar-refractivity contribution in [1.29, 1.82) is 0 Å². The molecule has 0 heterocycles. The monoisotopic (exact) mass is 284 g/mol. The molecule has 0 atom stereocenters. The summed E-state index contributed by atoms with van der Waals surface area (Å²) in [6.45, 7) is 6.70. The van der Waals surface area contributed by atoms with Crippen molar-refractivity contribution in [3.63, 3.8) is 0 Å². The van der Waals surface area contributed by atoms with Gasteiger partial charge in [-0.3, -0.25) is 0 Å². The molecule has 0 spiro atoms. The minimum atomic E-state index is 0.165. The molecule has 0 fully saturated rings. The molecule has 3 nitrogen and oxygen atoms in total. The molecule has 0 bridgehead atoms. The van der Waals surface area contributed by atoms with Crippen molar-refractivity contribution in [3.05, 3.63) is 59.7 Å². The van der Waals surface area contributed by atoms with Crippen LogP contribution in [0.2, 0.25) is 0 Å². The van der Waals surface area contributed by atoms with Gasteiger partial charge in [0.2, 0.25) is 0 Å². The van der Waals surface area contributed by atoms with Crippen LogP contribution in [0, 0.1) is 13.8 Å². The van der Waals surface area contributed by atoms with E-state index in [0.717, 1.165) is 24.5 Å². The van der Waals surface area contributed by atoms with Crippen molar-refractivity contribution in [2.24, 2.45) is 0 Å². The van der Waals surface area contributed by atoms with Crippen LogP contribution in [0.4, 0.5) is 11.4 Å². The molecule has 0 aliphatic heterocycles. The molecule has 2 aromatic rings. The Morgan fingerprint density at radius 3 is 2.33 bits per heavy atom. The summed E-state index contributed by atoms with van der Waals surface area (Å²) in [6, 6.07) is 16.8. The predicted octanol–water partition coefficient (Wildman–Crippen LogP) is 3.21. The first-order chi connectivity index (χ1) is 10.2. The van der Waals surface area contributed by atoms with Crippen molar-refractivity contribution >= 4 is 11.4 Å². The van der Waals surface area contributed by atoms with Crippen LogP contribution in [0.3, 0.4) is 0 Å². The lowest BCUT2D eigenvalue weighted by molar-refractivity contribution is 0.302. The van der Waals surface area contributed by atoms with Gasteiger partial charge in [0.25, 0.3) is 0 Å². The first kappa shape index (κ1) is 15.4. The Morgan fingerprint density at radius 1 is 0.952 bits per heavy atom. The van der Waals surface area contributed by atoms with E-state index in [9.17, 15) is 5.11 Å². The van der Waals surface area contributed by atoms with E-state index in [1.807, 2.05) is 0 Å². The number of aliphatic hydroxyl groups excluding tert-OH is 1. The second-order valence-electron chi connectivity index (χ2n) is 5.35. The number of rotatable bonds is 7. The zero-order valence-electron chi connectivity index (χ0n) is 12.8. The van der Waals surface area contributed by atoms with Crippen LogP contribution in [0.5, 0.6) is 0 Å². The molecule has 2 aromatic carbocycles. The highest BCUT2D eigenvalue weighted by Crippen LogP contribution is 2.15. The van der Waals surface area contributed by atoms with Crippen molar-refractivity contribution < 1.29 is 5.11 Å². The van der Waals surface area contributed by atoms with Gasteiger partial charge in [0.15, 0.2) is 0 Å². The Hall–Kier alpha value is -2.00. The number of nitrogens with zero attached hydrogens (tertiary/aromatic N) is 1. The number of hydrogen-bond donors (Lipinski definition) is 2. The van der Waals surface area contributed by atoms with Gasteiger partial charge in [0.1, 0.15) is 0 Å². The molecule has 0 aromatic heterocycles. The minimum absolute atomic E-state index is 0.165. The van der Waals surface area contributed by atoms with Gasteiger partial charge in [-0.1, -0.05) is 24.3 Å². The van der Waals surface area contributed by atoms with E-state index in [2.05, 4.69) is 72.6 Å². The van der Waals surface area contributed by atoms with Gasteiger partial charge in [0.05, 0.1) is 6.61 Å². The van der Waals surface area contributed by atoms with Crippen LogP contribution in [0.25, 0.3) is 0 Å². The molecule has 0 aliphatic carbocycles. The number of hydrogen-bond acceptors (Lipinski definition) is 3. The Balaban J connectivity index is 1.94. The maximum atomic E-state index is 9.26. The average Bonchev–Trinajstić information content (AvgIpc) is 2.46. The number of anilines is 2. The molecule has 0 aliphatic rings. The van der Waals surface area contributed by atoms with Crippen LogP contribution in [-0.2, 0) is 0 Å². The lowest BCUT2D eigenvalue weighted by Crippen LogP contribution is -2.31. The normalized spacial score (nSPS) is 10.4. The molecule has 3 heteroatoms. The van der Waals surface area contributed by atoms with E-state index >= 15 is 0 Å². The molecule has 2 rings (SSSR count). The quantitative estimate of drug-likeness (QED) is 0.819. The van der Waals surface area contributed by atoms with Gasteiger partial charge in [-0.15, -0.1) is 0 Å². The summed E-state index contributed by atoms with van der Waals surface area (Å²) >= 11 is 0. The summed E-state index contributed by atoms with van der Waals surface area (Å²) in [4.78, 5) is 2.20. The van der Waals surface area contributed by atoms with Gasteiger partial charge in [-0.25, -0.2) is 0 Å². The fourth-order valence-corrected chi connectivity index (χ4v) is 2.41. The second-order valence-corrected chi connectivity index (χ2v) is 5.35. The molecule has 0 saturated carbocycles. The smallest absolute Gasteiger partial charge is 0.0606 e. The van der Waals surface area contributed by atoms with Crippen LogP contribution < -0.4 is 10.2 Å². The van der Waals surface area contributed by atoms with E-state index < -0.39 is 0 Å². The van der Waals surface area contributed by atoms with Crippen molar-refractivity contribution in [1.82, 2.24) is 0 Å². The third kappa shape index (κ3) is 4.80. The number of nitrogens with one attached hydrogen (secondary N) is 1. The Kier molecular flexibility index (Phi) is 5.64. The van der Waals surface area contributed by atoms with Crippen LogP contribution in [0.1, 0.15) is 11.1 Å². The third-order valence-corrected chi connectivity index (χ3v) is 3.47. The standard InChI is InChI=1S/C18H24N2O/c1-15-5-3-7-17(13-15)19-9-10-20(11-12-21)18-8-4-6-16(2)14-18/h3-8,13-14,19,21H,9-12H2,1-2H3. The number of aryl methyl sites for hydroxylation is 2. The summed E-state index contributed by atoms with van der Waals surface area (Å²) in [5.41, 5.74) is 4.80. The van der Waals surface area contributed by atoms with E-state index in [-0.39, 0.29) is 6.61 Å². The molecular formula is C18H24N2O. The Labute approximate surface area is 127 Å². The molecule has 2 N–H and O–H groups in total. The summed E-state index contributed by atoms with van der Waals surface area (Å²) in [6.07, 6.45) is 0. The number of aliphatic hydroxyl groups is 1. The van der Waals surface area contributed by atoms with Crippen molar-refractivity contribution in [2.45, 2.75) is 13.8 Å². The van der Waals surface area contributed by atoms with Gasteiger partial charge >= 0.3 is 0 Å². The molecule has 112 valence electrons. The molecular weight excluding hydrogens is 260 g/mol. The highest BCUT2D eigenvalue weighted by atomic mass is 16.3. The lowest BCUT2D eigenvalue weighted by atomic mass is 10.2. The topological polar surface area (TPSA) is 35.5 Å². The summed E-state index contributed by atoms with van der Waals surface area (Å²) in [7, 11) is 0. The van der Waals surface area contributed by atoms with Gasteiger partial charge < -0.3 is 15.3 Å². The van der Waals surface area contributed by atoms with Crippen molar-refractivity contribution in [3.8, 4) is 0 Å². The van der Waals surface area contributed by atoms with Crippen molar-refractivity contribution in [2.75, 3.05) is 36.5 Å². The maximum Gasteiger partial charge on any atom is 0.0606 e. The predicted molar refractivity (Wildman–Crippen MR) is 90.1 cm³/mol. The summed E-state index contributed by atoms with van der Waals surface area (Å²) in [5.74, 6) is 0. The highest BCUT2D eigenvalue weighted by molar-refractivity contribution is 5.49. The number of benzene rings is 2. The molecule has 0 saturated heterocycles. The lowest BCUT2D eigenvalue weighted by Gasteiger charge is -2.24. The fourth-order valence-electron chi connectivity index (χ4n) is 2.41. The zero-order chi connectivity index (χ0) is 15.1. The van der Waals surface area contributed by atoms with E-state index in [0.29, 0.717) is 6.54 Å². The molecule has 0 unspecified atom stereocenters. The first-order valence-corrected chi connectivity index (χ1v) is 7.42. The maximum absolute atomic E-state index is 9.26. The SMILES string of the molecule is Cc1cccc(NCCN(CCO)c2cccc(C)c2)c1. The third-order valence-electron chi connectivity index (χ3n) is 3.47. The molecule has 0 amide bonds. The summed E-state index contributed by atoms with van der Waals surface area (Å²) in [5, 5.41) is 12.7. The molecule has 21 heavy (non-hydrogen) atoms. The Bertz CT molecular complexity index is 569. The fraction of sp³-hybridized carbons (Fsp3) is 0.333. The van der Waals surface area contributed by atoms with Gasteiger partial charge in [-0.2, -0.15) is 0 Å². The largest absolute Gasteiger partial charge is 0.395 e. The first-order valence-electron chi connectivity index (χ1n) is 7.42. The zero-order valence-corrected chi connectivity index (χ0v) is 12.8. The van der Waals surface area contributed by atoms with Gasteiger partial charge in [-0.05, 0) is 49.2 Å². The van der Waals surface area contributed by atoms with E-state index in [4.69, 9.17) is 0 Å². The van der Waals surface area contributed by atoms with E-state index in [1.165, 1.54) is 11.1 Å².